The summed E-state index contributed by atoms with van der Waals surface area (Å²) in [6, 6.07) is 8.00. The zero-order valence-corrected chi connectivity index (χ0v) is 11.0. The number of hydrogen-bond donors (Lipinski definition) is 1. The molecule has 0 aliphatic heterocycles. The lowest BCUT2D eigenvalue weighted by atomic mass is 10.2. The van der Waals surface area contributed by atoms with Gasteiger partial charge in [-0.2, -0.15) is 4.37 Å². The molecule has 0 spiro atoms. The van der Waals surface area contributed by atoms with Crippen molar-refractivity contribution in [2.75, 3.05) is 6.54 Å². The van der Waals surface area contributed by atoms with Gasteiger partial charge in [0.1, 0.15) is 5.69 Å². The van der Waals surface area contributed by atoms with Crippen LogP contribution in [-0.2, 0) is 6.54 Å². The monoisotopic (exact) mass is 247 g/mol. The van der Waals surface area contributed by atoms with E-state index in [0.717, 1.165) is 24.5 Å². The second-order valence-corrected chi connectivity index (χ2v) is 5.31. The smallest absolute Gasteiger partial charge is 0.103 e. The van der Waals surface area contributed by atoms with Crippen molar-refractivity contribution in [3.63, 3.8) is 0 Å². The summed E-state index contributed by atoms with van der Waals surface area (Å²) >= 11 is 1.54. The van der Waals surface area contributed by atoms with Crippen LogP contribution in [0.2, 0.25) is 0 Å². The van der Waals surface area contributed by atoms with E-state index in [1.807, 2.05) is 18.2 Å². The Labute approximate surface area is 106 Å². The molecular formula is C13H17N3S. The minimum atomic E-state index is 0.679. The molecule has 4 heteroatoms. The molecule has 17 heavy (non-hydrogen) atoms. The molecule has 0 aromatic carbocycles. The van der Waals surface area contributed by atoms with Gasteiger partial charge in [-0.25, -0.2) is 0 Å². The van der Waals surface area contributed by atoms with Crippen LogP contribution >= 0.6 is 11.5 Å². The Hall–Kier alpha value is -1.26. The van der Waals surface area contributed by atoms with Crippen molar-refractivity contribution >= 4 is 11.5 Å². The van der Waals surface area contributed by atoms with Gasteiger partial charge in [0.05, 0.1) is 5.69 Å². The number of hydrogen-bond acceptors (Lipinski definition) is 4. The number of aromatic nitrogens is 2. The summed E-state index contributed by atoms with van der Waals surface area (Å²) < 4.78 is 4.42. The van der Waals surface area contributed by atoms with Crippen molar-refractivity contribution in [2.45, 2.75) is 20.4 Å². The van der Waals surface area contributed by atoms with Crippen molar-refractivity contribution in [3.05, 3.63) is 35.3 Å². The lowest BCUT2D eigenvalue weighted by Crippen LogP contribution is -2.18. The van der Waals surface area contributed by atoms with Crippen LogP contribution in [0.15, 0.2) is 30.5 Å². The van der Waals surface area contributed by atoms with Crippen LogP contribution in [0.5, 0.6) is 0 Å². The van der Waals surface area contributed by atoms with Crippen molar-refractivity contribution in [2.24, 2.45) is 5.92 Å². The second kappa shape index (κ2) is 5.89. The first kappa shape index (κ1) is 12.2. The van der Waals surface area contributed by atoms with E-state index >= 15 is 0 Å². The normalized spacial score (nSPS) is 11.0. The highest BCUT2D eigenvalue weighted by Gasteiger charge is 2.05. The third-order valence-electron chi connectivity index (χ3n) is 2.34. The average Bonchev–Trinajstić information content (AvgIpc) is 2.78. The molecule has 2 aromatic rings. The molecule has 0 amide bonds. The van der Waals surface area contributed by atoms with Crippen LogP contribution in [0.1, 0.15) is 18.7 Å². The molecule has 90 valence electrons. The van der Waals surface area contributed by atoms with E-state index in [1.165, 1.54) is 4.88 Å². The molecule has 2 aromatic heterocycles. The van der Waals surface area contributed by atoms with Gasteiger partial charge in [0.25, 0.3) is 0 Å². The van der Waals surface area contributed by atoms with Crippen molar-refractivity contribution < 1.29 is 0 Å². The Morgan fingerprint density at radius 3 is 2.88 bits per heavy atom. The Morgan fingerprint density at radius 2 is 2.18 bits per heavy atom. The van der Waals surface area contributed by atoms with Gasteiger partial charge in [-0.05, 0) is 42.2 Å². The van der Waals surface area contributed by atoms with Crippen LogP contribution in [0.25, 0.3) is 11.4 Å². The molecule has 0 saturated heterocycles. The van der Waals surface area contributed by atoms with Gasteiger partial charge in [0.15, 0.2) is 0 Å². The Morgan fingerprint density at radius 1 is 1.29 bits per heavy atom. The molecule has 0 atom stereocenters. The fourth-order valence-electron chi connectivity index (χ4n) is 1.52. The number of rotatable bonds is 5. The molecule has 0 bridgehead atoms. The standard InChI is InChI=1S/C13H17N3S/c1-10(2)8-14-9-11-7-13(16-17-11)12-5-3-4-6-15-12/h3-7,10,14H,8-9H2,1-2H3. The van der Waals surface area contributed by atoms with Crippen LogP contribution in [-0.4, -0.2) is 15.9 Å². The van der Waals surface area contributed by atoms with Crippen molar-refractivity contribution in [1.29, 1.82) is 0 Å². The lowest BCUT2D eigenvalue weighted by molar-refractivity contribution is 0.555. The van der Waals surface area contributed by atoms with Gasteiger partial charge >= 0.3 is 0 Å². The molecule has 2 rings (SSSR count). The molecule has 0 fully saturated rings. The molecule has 0 radical (unpaired) electrons. The van der Waals surface area contributed by atoms with Crippen LogP contribution in [0, 0.1) is 5.92 Å². The van der Waals surface area contributed by atoms with Crippen molar-refractivity contribution in [1.82, 2.24) is 14.7 Å². The summed E-state index contributed by atoms with van der Waals surface area (Å²) in [7, 11) is 0. The maximum atomic E-state index is 4.42. The highest BCUT2D eigenvalue weighted by Crippen LogP contribution is 2.19. The van der Waals surface area contributed by atoms with Crippen LogP contribution in [0.4, 0.5) is 0 Å². The van der Waals surface area contributed by atoms with Crippen LogP contribution < -0.4 is 5.32 Å². The van der Waals surface area contributed by atoms with Gasteiger partial charge in [0.2, 0.25) is 0 Å². The molecule has 1 N–H and O–H groups in total. The predicted molar refractivity (Wildman–Crippen MR) is 71.9 cm³/mol. The zero-order chi connectivity index (χ0) is 12.1. The van der Waals surface area contributed by atoms with Gasteiger partial charge in [-0.3, -0.25) is 4.98 Å². The first-order valence-corrected chi connectivity index (χ1v) is 6.61. The molecule has 2 heterocycles. The Balaban J connectivity index is 1.97. The molecule has 0 aliphatic rings. The third kappa shape index (κ3) is 3.61. The number of pyridine rings is 1. The van der Waals surface area contributed by atoms with E-state index in [0.29, 0.717) is 5.92 Å². The minimum Gasteiger partial charge on any atom is -0.312 e. The van der Waals surface area contributed by atoms with Crippen molar-refractivity contribution in [3.8, 4) is 11.4 Å². The summed E-state index contributed by atoms with van der Waals surface area (Å²) in [6.07, 6.45) is 1.80. The summed E-state index contributed by atoms with van der Waals surface area (Å²) in [6.45, 7) is 6.34. The molecular weight excluding hydrogens is 230 g/mol. The number of nitrogens with one attached hydrogen (secondary N) is 1. The SMILES string of the molecule is CC(C)CNCc1cc(-c2ccccn2)ns1. The highest BCUT2D eigenvalue weighted by atomic mass is 32.1. The summed E-state index contributed by atoms with van der Waals surface area (Å²) in [5.74, 6) is 0.679. The zero-order valence-electron chi connectivity index (χ0n) is 10.2. The topological polar surface area (TPSA) is 37.8 Å². The third-order valence-corrected chi connectivity index (χ3v) is 3.12. The van der Waals surface area contributed by atoms with E-state index in [-0.39, 0.29) is 0 Å². The largest absolute Gasteiger partial charge is 0.312 e. The first-order valence-electron chi connectivity index (χ1n) is 5.83. The average molecular weight is 247 g/mol. The quantitative estimate of drug-likeness (QED) is 0.882. The van der Waals surface area contributed by atoms with E-state index in [4.69, 9.17) is 0 Å². The molecule has 0 unspecified atom stereocenters. The van der Waals surface area contributed by atoms with E-state index in [2.05, 4.69) is 34.6 Å². The fourth-order valence-corrected chi connectivity index (χ4v) is 2.21. The second-order valence-electron chi connectivity index (χ2n) is 4.42. The highest BCUT2D eigenvalue weighted by molar-refractivity contribution is 7.06. The maximum absolute atomic E-state index is 4.42. The van der Waals surface area contributed by atoms with E-state index in [9.17, 15) is 0 Å². The lowest BCUT2D eigenvalue weighted by Gasteiger charge is -2.04. The predicted octanol–water partition coefficient (Wildman–Crippen LogP) is 2.95. The Bertz CT molecular complexity index is 451. The number of nitrogens with zero attached hydrogens (tertiary/aromatic N) is 2. The molecule has 3 nitrogen and oxygen atoms in total. The summed E-state index contributed by atoms with van der Waals surface area (Å²) in [5, 5.41) is 3.42. The van der Waals surface area contributed by atoms with Gasteiger partial charge in [0, 0.05) is 17.6 Å². The van der Waals surface area contributed by atoms with Crippen LogP contribution in [0.3, 0.4) is 0 Å². The summed E-state index contributed by atoms with van der Waals surface area (Å²) in [4.78, 5) is 5.55. The van der Waals surface area contributed by atoms with E-state index < -0.39 is 0 Å². The van der Waals surface area contributed by atoms with E-state index in [1.54, 1.807) is 17.7 Å². The van der Waals surface area contributed by atoms with Gasteiger partial charge in [-0.15, -0.1) is 0 Å². The van der Waals surface area contributed by atoms with Gasteiger partial charge in [-0.1, -0.05) is 19.9 Å². The minimum absolute atomic E-state index is 0.679. The maximum Gasteiger partial charge on any atom is 0.103 e. The Kier molecular flexibility index (Phi) is 4.23. The molecule has 0 saturated carbocycles. The molecule has 0 aliphatic carbocycles. The first-order chi connectivity index (χ1) is 8.25. The van der Waals surface area contributed by atoms with Gasteiger partial charge < -0.3 is 5.32 Å². The summed E-state index contributed by atoms with van der Waals surface area (Å²) in [5.41, 5.74) is 1.91. The fraction of sp³-hybridized carbons (Fsp3) is 0.385.